The second-order valence-corrected chi connectivity index (χ2v) is 16.7. The molecule has 0 saturated carbocycles. The van der Waals surface area contributed by atoms with Gasteiger partial charge >= 0.3 is 16.0 Å². The van der Waals surface area contributed by atoms with E-state index in [0.29, 0.717) is 23.4 Å². The van der Waals surface area contributed by atoms with Crippen molar-refractivity contribution in [1.82, 2.24) is 24.4 Å². The molecule has 0 fully saturated rings. The van der Waals surface area contributed by atoms with E-state index in [0.717, 1.165) is 50.5 Å². The van der Waals surface area contributed by atoms with E-state index in [-0.39, 0.29) is 13.5 Å². The summed E-state index contributed by atoms with van der Waals surface area (Å²) in [6, 6.07) is 11.6. The number of thiazole rings is 2. The van der Waals surface area contributed by atoms with E-state index in [4.69, 9.17) is 69.5 Å². The first kappa shape index (κ1) is 45.9. The summed E-state index contributed by atoms with van der Waals surface area (Å²) >= 11 is 30.0. The first-order valence-electron chi connectivity index (χ1n) is 15.5. The monoisotopic (exact) mass is 862 g/mol. The van der Waals surface area contributed by atoms with Crippen LogP contribution in [-0.2, 0) is 36.5 Å². The van der Waals surface area contributed by atoms with Gasteiger partial charge in [0.05, 0.1) is 0 Å². The van der Waals surface area contributed by atoms with Crippen LogP contribution >= 0.6 is 80.7 Å². The van der Waals surface area contributed by atoms with E-state index in [2.05, 4.69) is 52.9 Å². The Morgan fingerprint density at radius 1 is 0.868 bits per heavy atom. The number of fused-ring (bicyclic) bond motifs is 2. The lowest BCUT2D eigenvalue weighted by Gasteiger charge is -2.08. The SMILES string of the molecule is C.CC(=O)OC(Cl)(Cl)Cl.Cc1cnc(N)s1.Cc1cnc(NC(=O)NCCc2cn(C)c3cc(Cl)ccc23)s1.Cn1cc(CCN)c2ccc(Cl)cc21. The summed E-state index contributed by atoms with van der Waals surface area (Å²) in [4.78, 5) is 32.0. The molecule has 0 spiro atoms. The Kier molecular flexibility index (Phi) is 18.7. The van der Waals surface area contributed by atoms with Gasteiger partial charge in [0.15, 0.2) is 10.3 Å². The first-order valence-corrected chi connectivity index (χ1v) is 19.1. The minimum absolute atomic E-state index is 0. The number of alkyl halides is 3. The average Bonchev–Trinajstić information content (AvgIpc) is 3.79. The number of urea groups is 1. The Balaban J connectivity index is 0.000000275. The molecule has 0 aliphatic carbocycles. The molecule has 0 bridgehead atoms. The number of nitrogens with two attached hydrogens (primary N) is 2. The predicted molar refractivity (Wildman–Crippen MR) is 226 cm³/mol. The Morgan fingerprint density at radius 3 is 1.75 bits per heavy atom. The maximum Gasteiger partial charge on any atom is 0.340 e. The molecule has 0 unspecified atom stereocenters. The van der Waals surface area contributed by atoms with Gasteiger partial charge in [-0.05, 0) is 103 Å². The molecule has 4 heterocycles. The number of hydrogen-bond acceptors (Lipinski definition) is 9. The van der Waals surface area contributed by atoms with Gasteiger partial charge in [-0.1, -0.05) is 42.8 Å². The number of ether oxygens (including phenoxy) is 1. The number of aryl methyl sites for hydroxylation is 4. The standard InChI is InChI=1S/C16H17ClN4OS.C11H13ClN2.C4H6N2S.C3H3Cl3O2.CH4/c1-10-8-19-16(23-10)20-15(22)18-6-5-11-9-21(2)14-7-12(17)3-4-13(11)14;1-14-7-8(4-5-13)10-3-2-9(12)6-11(10)14;1-3-2-6-4(5)7-3;1-2(7)8-3(4,5)6;/h3-4,7-9H,5-6H2,1-2H3,(H2,18,19,20,22);2-3,6-7H,4-5,13H2,1H3;2H,1H3,(H2,5,6);1H3;1H4. The third-order valence-corrected chi connectivity index (χ3v) is 9.18. The summed E-state index contributed by atoms with van der Waals surface area (Å²) in [5.41, 5.74) is 15.6. The predicted octanol–water partition coefficient (Wildman–Crippen LogP) is 9.84. The van der Waals surface area contributed by atoms with Crippen LogP contribution < -0.4 is 22.1 Å². The molecule has 2 amide bonds. The highest BCUT2D eigenvalue weighted by Gasteiger charge is 2.22. The van der Waals surface area contributed by atoms with Crippen LogP contribution in [-0.4, -0.2) is 48.2 Å². The van der Waals surface area contributed by atoms with E-state index in [1.54, 1.807) is 12.4 Å². The molecule has 0 radical (unpaired) electrons. The molecule has 11 nitrogen and oxygen atoms in total. The van der Waals surface area contributed by atoms with Crippen LogP contribution in [0.3, 0.4) is 0 Å². The molecular weight excluding hydrogens is 822 g/mol. The van der Waals surface area contributed by atoms with Gasteiger partial charge < -0.3 is 30.7 Å². The lowest BCUT2D eigenvalue weighted by atomic mass is 10.1. The third kappa shape index (κ3) is 15.5. The third-order valence-electron chi connectivity index (χ3n) is 6.90. The van der Waals surface area contributed by atoms with Crippen molar-refractivity contribution in [1.29, 1.82) is 0 Å². The number of rotatable bonds is 6. The minimum atomic E-state index is -1.91. The fourth-order valence-corrected chi connectivity index (χ4v) is 6.69. The van der Waals surface area contributed by atoms with Crippen LogP contribution in [0.15, 0.2) is 61.2 Å². The molecule has 4 aromatic heterocycles. The summed E-state index contributed by atoms with van der Waals surface area (Å²) in [6.07, 6.45) is 9.36. The van der Waals surface area contributed by atoms with E-state index in [1.807, 2.05) is 58.3 Å². The molecule has 0 atom stereocenters. The number of halogens is 5. The number of carbonyl (C=O) groups is 2. The molecule has 18 heteroatoms. The normalized spacial score (nSPS) is 10.5. The van der Waals surface area contributed by atoms with E-state index in [1.165, 1.54) is 44.7 Å². The zero-order valence-corrected chi connectivity index (χ0v) is 34.4. The van der Waals surface area contributed by atoms with Crippen molar-refractivity contribution in [2.24, 2.45) is 19.8 Å². The Morgan fingerprint density at radius 2 is 1.38 bits per heavy atom. The van der Waals surface area contributed by atoms with Gasteiger partial charge in [-0.2, -0.15) is 0 Å². The number of nitrogens with zero attached hydrogens (tertiary/aromatic N) is 4. The number of hydrogen-bond donors (Lipinski definition) is 4. The molecule has 6 aromatic rings. The van der Waals surface area contributed by atoms with Crippen LogP contribution in [0.2, 0.25) is 10.0 Å². The van der Waals surface area contributed by atoms with Gasteiger partial charge in [-0.15, -0.1) is 22.7 Å². The smallest absolute Gasteiger partial charge is 0.340 e. The van der Waals surface area contributed by atoms with Crippen molar-refractivity contribution in [3.05, 3.63) is 92.1 Å². The van der Waals surface area contributed by atoms with Crippen molar-refractivity contribution < 1.29 is 14.3 Å². The summed E-state index contributed by atoms with van der Waals surface area (Å²) < 4.78 is 6.32. The van der Waals surface area contributed by atoms with Gasteiger partial charge in [0.2, 0.25) is 0 Å². The number of carbonyl (C=O) groups excluding carboxylic acids is 2. The van der Waals surface area contributed by atoms with Crippen molar-refractivity contribution >= 4 is 125 Å². The maximum atomic E-state index is 11.8. The van der Waals surface area contributed by atoms with E-state index < -0.39 is 9.95 Å². The lowest BCUT2D eigenvalue weighted by Crippen LogP contribution is -2.30. The Labute approximate surface area is 342 Å². The molecule has 0 aliphatic rings. The molecule has 0 saturated heterocycles. The fraction of sp³-hybridized carbons (Fsp3) is 0.314. The van der Waals surface area contributed by atoms with Gasteiger partial charge in [0, 0.05) is 94.0 Å². The largest absolute Gasteiger partial charge is 0.415 e. The number of nitrogen functional groups attached to an aromatic ring is 1. The summed E-state index contributed by atoms with van der Waals surface area (Å²) in [6.45, 7) is 6.32. The van der Waals surface area contributed by atoms with E-state index in [9.17, 15) is 9.59 Å². The number of benzene rings is 2. The zero-order chi connectivity index (χ0) is 38.6. The van der Waals surface area contributed by atoms with E-state index >= 15 is 0 Å². The Hall–Kier alpha value is -3.27. The number of nitrogens with one attached hydrogen (secondary N) is 2. The number of anilines is 2. The minimum Gasteiger partial charge on any atom is -0.415 e. The first-order chi connectivity index (χ1) is 24.4. The van der Waals surface area contributed by atoms with Crippen LogP contribution in [0, 0.1) is 13.8 Å². The number of esters is 1. The maximum absolute atomic E-state index is 11.8. The molecule has 6 rings (SSSR count). The van der Waals surface area contributed by atoms with Gasteiger partial charge in [-0.3, -0.25) is 10.1 Å². The number of amides is 2. The highest BCUT2D eigenvalue weighted by atomic mass is 35.6. The quantitative estimate of drug-likeness (QED) is 0.0960. The molecule has 6 N–H and O–H groups in total. The van der Waals surface area contributed by atoms with Crippen LogP contribution in [0.25, 0.3) is 21.8 Å². The van der Waals surface area contributed by atoms with Gasteiger partial charge in [-0.25, -0.2) is 14.8 Å². The fourth-order valence-electron chi connectivity index (χ4n) is 4.84. The summed E-state index contributed by atoms with van der Waals surface area (Å²) in [5, 5.41) is 10.8. The summed E-state index contributed by atoms with van der Waals surface area (Å²) in [5.74, 6) is -0.620. The van der Waals surface area contributed by atoms with Crippen molar-refractivity contribution in [3.63, 3.8) is 0 Å². The molecule has 0 aliphatic heterocycles. The highest BCUT2D eigenvalue weighted by Crippen LogP contribution is 2.27. The van der Waals surface area contributed by atoms with Crippen LogP contribution in [0.1, 0.15) is 35.2 Å². The van der Waals surface area contributed by atoms with Gasteiger partial charge in [0.1, 0.15) is 0 Å². The average molecular weight is 865 g/mol. The molecule has 53 heavy (non-hydrogen) atoms. The lowest BCUT2D eigenvalue weighted by molar-refractivity contribution is -0.141. The van der Waals surface area contributed by atoms with Crippen LogP contribution in [0.5, 0.6) is 0 Å². The number of aromatic nitrogens is 4. The summed E-state index contributed by atoms with van der Waals surface area (Å²) in [7, 11) is 4.02. The van der Waals surface area contributed by atoms with Crippen molar-refractivity contribution in [2.75, 3.05) is 24.1 Å². The molecule has 2 aromatic carbocycles. The second kappa shape index (κ2) is 21.6. The Bertz CT molecular complexity index is 2070. The topological polar surface area (TPSA) is 155 Å². The zero-order valence-electron chi connectivity index (χ0n) is 29.0. The van der Waals surface area contributed by atoms with Crippen LogP contribution in [0.4, 0.5) is 15.1 Å². The second-order valence-electron chi connectivity index (χ2n) is 11.1. The highest BCUT2D eigenvalue weighted by molar-refractivity contribution is 7.15. The molecule has 288 valence electrons. The molecular formula is C35H43Cl5N8O3S2. The van der Waals surface area contributed by atoms with Crippen molar-refractivity contribution in [3.8, 4) is 0 Å². The van der Waals surface area contributed by atoms with Crippen molar-refractivity contribution in [2.45, 2.75) is 45.0 Å². The van der Waals surface area contributed by atoms with Gasteiger partial charge in [0.25, 0.3) is 0 Å².